The number of aromatic amines is 1. The summed E-state index contributed by atoms with van der Waals surface area (Å²) >= 11 is 0. The van der Waals surface area contributed by atoms with E-state index in [1.165, 1.54) is 0 Å². The van der Waals surface area contributed by atoms with Crippen LogP contribution in [-0.4, -0.2) is 29.2 Å². The van der Waals surface area contributed by atoms with E-state index in [1.807, 2.05) is 61.5 Å². The summed E-state index contributed by atoms with van der Waals surface area (Å²) in [5.41, 5.74) is 4.60. The van der Waals surface area contributed by atoms with Gasteiger partial charge in [-0.3, -0.25) is 0 Å². The second-order valence-electron chi connectivity index (χ2n) is 8.22. The lowest BCUT2D eigenvalue weighted by Crippen LogP contribution is -2.25. The summed E-state index contributed by atoms with van der Waals surface area (Å²) in [6.45, 7) is 6.20. The Bertz CT molecular complexity index is 1440. The summed E-state index contributed by atoms with van der Waals surface area (Å²) in [4.78, 5) is 15.1. The van der Waals surface area contributed by atoms with E-state index in [0.717, 1.165) is 56.3 Å². The van der Waals surface area contributed by atoms with Crippen molar-refractivity contribution < 1.29 is 13.9 Å². The summed E-state index contributed by atoms with van der Waals surface area (Å²) in [5.74, 6) is 3.12. The number of nitrogens with zero attached hydrogens (tertiary/aromatic N) is 3. The third-order valence-electron chi connectivity index (χ3n) is 5.87. The molecule has 5 aromatic rings. The molecule has 34 heavy (non-hydrogen) atoms. The SMILES string of the molecule is C=C(C)CC(c1ccco1)N(c1ccc(OC)cc1)c1ncnc2c1[nH]c1ccc(OC)cc12. The van der Waals surface area contributed by atoms with Crippen molar-refractivity contribution in [2.45, 2.75) is 19.4 Å². The lowest BCUT2D eigenvalue weighted by molar-refractivity contribution is 0.414. The summed E-state index contributed by atoms with van der Waals surface area (Å²) in [6.07, 6.45) is 3.97. The third kappa shape index (κ3) is 3.85. The number of aromatic nitrogens is 3. The third-order valence-corrected chi connectivity index (χ3v) is 5.87. The van der Waals surface area contributed by atoms with Gasteiger partial charge in [0.2, 0.25) is 0 Å². The van der Waals surface area contributed by atoms with E-state index >= 15 is 0 Å². The van der Waals surface area contributed by atoms with Gasteiger partial charge in [-0.25, -0.2) is 9.97 Å². The molecule has 0 aliphatic rings. The van der Waals surface area contributed by atoms with E-state index in [0.29, 0.717) is 6.42 Å². The lowest BCUT2D eigenvalue weighted by Gasteiger charge is -2.32. The van der Waals surface area contributed by atoms with Crippen molar-refractivity contribution in [3.8, 4) is 11.5 Å². The highest BCUT2D eigenvalue weighted by Crippen LogP contribution is 2.41. The molecule has 0 fully saturated rings. The largest absolute Gasteiger partial charge is 0.497 e. The molecule has 5 rings (SSSR count). The standard InChI is InChI=1S/C27H26N4O3/c1-17(2)14-23(24-6-5-13-34-24)31(18-7-9-19(32-3)10-8-18)27-26-25(28-16-29-27)21-15-20(33-4)11-12-22(21)30-26/h5-13,15-16,23,30H,1,14H2,2-4H3. The van der Waals surface area contributed by atoms with Crippen LogP contribution < -0.4 is 14.4 Å². The Labute approximate surface area is 197 Å². The van der Waals surface area contributed by atoms with Crippen LogP contribution in [-0.2, 0) is 0 Å². The van der Waals surface area contributed by atoms with Crippen LogP contribution in [0, 0.1) is 0 Å². The Morgan fingerprint density at radius 1 is 1.06 bits per heavy atom. The molecule has 0 saturated carbocycles. The van der Waals surface area contributed by atoms with Gasteiger partial charge in [-0.2, -0.15) is 0 Å². The number of hydrogen-bond donors (Lipinski definition) is 1. The van der Waals surface area contributed by atoms with Crippen molar-refractivity contribution in [1.82, 2.24) is 15.0 Å². The molecule has 7 nitrogen and oxygen atoms in total. The number of methoxy groups -OCH3 is 2. The molecule has 3 aromatic heterocycles. The molecule has 1 atom stereocenters. The zero-order valence-electron chi connectivity index (χ0n) is 19.4. The number of anilines is 2. The fourth-order valence-corrected chi connectivity index (χ4v) is 4.29. The Kier molecular flexibility index (Phi) is 5.67. The molecule has 0 aliphatic carbocycles. The maximum Gasteiger partial charge on any atom is 0.161 e. The number of benzene rings is 2. The molecule has 0 saturated heterocycles. The topological polar surface area (TPSA) is 76.4 Å². The first-order valence-electron chi connectivity index (χ1n) is 11.0. The molecule has 1 N–H and O–H groups in total. The number of ether oxygens (including phenoxy) is 2. The first-order chi connectivity index (χ1) is 16.6. The minimum Gasteiger partial charge on any atom is -0.497 e. The van der Waals surface area contributed by atoms with E-state index in [2.05, 4.69) is 21.4 Å². The van der Waals surface area contributed by atoms with Gasteiger partial charge in [-0.15, -0.1) is 6.58 Å². The van der Waals surface area contributed by atoms with Gasteiger partial charge in [-0.1, -0.05) is 5.57 Å². The Morgan fingerprint density at radius 3 is 2.50 bits per heavy atom. The van der Waals surface area contributed by atoms with Gasteiger partial charge in [0.1, 0.15) is 34.6 Å². The van der Waals surface area contributed by atoms with Gasteiger partial charge in [0.25, 0.3) is 0 Å². The first kappa shape index (κ1) is 21.6. The van der Waals surface area contributed by atoms with Crippen LogP contribution in [0.25, 0.3) is 21.9 Å². The van der Waals surface area contributed by atoms with Crippen LogP contribution in [0.15, 0.2) is 83.8 Å². The van der Waals surface area contributed by atoms with Gasteiger partial charge < -0.3 is 23.8 Å². The molecule has 2 aromatic carbocycles. The normalized spacial score (nSPS) is 12.1. The van der Waals surface area contributed by atoms with E-state index in [1.54, 1.807) is 26.8 Å². The number of nitrogens with one attached hydrogen (secondary N) is 1. The quantitative estimate of drug-likeness (QED) is 0.267. The van der Waals surface area contributed by atoms with Gasteiger partial charge >= 0.3 is 0 Å². The maximum atomic E-state index is 5.89. The average molecular weight is 455 g/mol. The van der Waals surface area contributed by atoms with Gasteiger partial charge in [0, 0.05) is 16.6 Å². The molecule has 0 spiro atoms. The van der Waals surface area contributed by atoms with E-state index in [4.69, 9.17) is 18.9 Å². The predicted octanol–water partition coefficient (Wildman–Crippen LogP) is 6.57. The van der Waals surface area contributed by atoms with Gasteiger partial charge in [0.15, 0.2) is 5.82 Å². The summed E-state index contributed by atoms with van der Waals surface area (Å²) < 4.78 is 16.7. The van der Waals surface area contributed by atoms with Gasteiger partial charge in [-0.05, 0) is 67.9 Å². The highest BCUT2D eigenvalue weighted by Gasteiger charge is 2.28. The highest BCUT2D eigenvalue weighted by molar-refractivity contribution is 6.09. The molecule has 7 heteroatoms. The molecule has 0 aliphatic heterocycles. The van der Waals surface area contributed by atoms with Crippen LogP contribution >= 0.6 is 0 Å². The van der Waals surface area contributed by atoms with Crippen LogP contribution in [0.4, 0.5) is 11.5 Å². The Hall–Kier alpha value is -4.26. The summed E-state index contributed by atoms with van der Waals surface area (Å²) in [7, 11) is 3.32. The lowest BCUT2D eigenvalue weighted by atomic mass is 10.0. The van der Waals surface area contributed by atoms with Crippen molar-refractivity contribution in [2.75, 3.05) is 19.1 Å². The number of fused-ring (bicyclic) bond motifs is 3. The summed E-state index contributed by atoms with van der Waals surface area (Å²) in [6, 6.07) is 17.6. The fourth-order valence-electron chi connectivity index (χ4n) is 4.29. The highest BCUT2D eigenvalue weighted by atomic mass is 16.5. The Balaban J connectivity index is 1.76. The molecule has 1 unspecified atom stereocenters. The minimum absolute atomic E-state index is 0.167. The smallest absolute Gasteiger partial charge is 0.161 e. The molecule has 172 valence electrons. The predicted molar refractivity (Wildman–Crippen MR) is 134 cm³/mol. The van der Waals surface area contributed by atoms with Crippen LogP contribution in [0.1, 0.15) is 25.1 Å². The molecule has 0 radical (unpaired) electrons. The molecule has 0 bridgehead atoms. The first-order valence-corrected chi connectivity index (χ1v) is 11.0. The number of H-pyrrole nitrogens is 1. The van der Waals surface area contributed by atoms with Crippen molar-refractivity contribution >= 4 is 33.4 Å². The van der Waals surface area contributed by atoms with Gasteiger partial charge in [0.05, 0.1) is 26.5 Å². The van der Waals surface area contributed by atoms with Crippen molar-refractivity contribution in [2.24, 2.45) is 0 Å². The monoisotopic (exact) mass is 454 g/mol. The minimum atomic E-state index is -0.167. The fraction of sp³-hybridized carbons (Fsp3) is 0.185. The number of hydrogen-bond acceptors (Lipinski definition) is 6. The maximum absolute atomic E-state index is 5.89. The van der Waals surface area contributed by atoms with Crippen LogP contribution in [0.3, 0.4) is 0 Å². The second kappa shape index (κ2) is 8.94. The molecular formula is C27H26N4O3. The van der Waals surface area contributed by atoms with Crippen LogP contribution in [0.2, 0.25) is 0 Å². The Morgan fingerprint density at radius 2 is 1.82 bits per heavy atom. The zero-order chi connectivity index (χ0) is 23.7. The van der Waals surface area contributed by atoms with E-state index in [9.17, 15) is 0 Å². The van der Waals surface area contributed by atoms with Crippen LogP contribution in [0.5, 0.6) is 11.5 Å². The molecule has 0 amide bonds. The molecule has 3 heterocycles. The van der Waals surface area contributed by atoms with E-state index in [-0.39, 0.29) is 6.04 Å². The zero-order valence-corrected chi connectivity index (χ0v) is 19.4. The number of rotatable bonds is 8. The van der Waals surface area contributed by atoms with Crippen molar-refractivity contribution in [1.29, 1.82) is 0 Å². The summed E-state index contributed by atoms with van der Waals surface area (Å²) in [5, 5.41) is 0.974. The molecular weight excluding hydrogens is 428 g/mol. The van der Waals surface area contributed by atoms with Crippen molar-refractivity contribution in [3.63, 3.8) is 0 Å². The van der Waals surface area contributed by atoms with E-state index < -0.39 is 0 Å². The average Bonchev–Trinajstić information content (AvgIpc) is 3.52. The number of furan rings is 1. The second-order valence-corrected chi connectivity index (χ2v) is 8.22. The van der Waals surface area contributed by atoms with Crippen molar-refractivity contribution in [3.05, 3.63) is 85.1 Å².